The number of methoxy groups -OCH3 is 1. The Bertz CT molecular complexity index is 1220. The first-order valence-corrected chi connectivity index (χ1v) is 10.2. The minimum absolute atomic E-state index is 0.192. The number of para-hydroxylation sites is 2. The minimum atomic E-state index is -0.422. The van der Waals surface area contributed by atoms with Gasteiger partial charge < -0.3 is 10.1 Å². The molecule has 0 atom stereocenters. The summed E-state index contributed by atoms with van der Waals surface area (Å²) in [5, 5.41) is 3.70. The summed E-state index contributed by atoms with van der Waals surface area (Å²) < 4.78 is 5.41. The van der Waals surface area contributed by atoms with E-state index < -0.39 is 11.8 Å². The van der Waals surface area contributed by atoms with Gasteiger partial charge in [-0.3, -0.25) is 9.59 Å². The van der Waals surface area contributed by atoms with Crippen LogP contribution in [0.1, 0.15) is 16.7 Å². The molecule has 1 N–H and O–H groups in total. The lowest BCUT2D eigenvalue weighted by atomic mass is 10.0. The molecule has 5 nitrogen and oxygen atoms in total. The van der Waals surface area contributed by atoms with Gasteiger partial charge in [-0.15, -0.1) is 0 Å². The molecule has 0 saturated carbocycles. The van der Waals surface area contributed by atoms with Gasteiger partial charge >= 0.3 is 0 Å². The van der Waals surface area contributed by atoms with Crippen LogP contribution in [0.4, 0.5) is 11.4 Å². The number of imide groups is 1. The number of hydrogen-bond acceptors (Lipinski definition) is 4. The molecule has 1 heterocycles. The van der Waals surface area contributed by atoms with Crippen molar-refractivity contribution in [1.82, 2.24) is 0 Å². The molecule has 3 aromatic rings. The zero-order chi connectivity index (χ0) is 22.1. The van der Waals surface area contributed by atoms with Gasteiger partial charge in [-0.05, 0) is 60.9 Å². The van der Waals surface area contributed by atoms with Crippen LogP contribution in [0.3, 0.4) is 0 Å². The largest absolute Gasteiger partial charge is 0.495 e. The SMILES string of the molecule is COc1ccccc1NC1=C(c2ccc(Cl)cc2)C(=O)N(c2cccc(C)c2C)C1=O. The number of carbonyl (C=O) groups is 2. The molecule has 0 fully saturated rings. The maximum absolute atomic E-state index is 13.6. The number of ether oxygens (including phenoxy) is 1. The molecule has 31 heavy (non-hydrogen) atoms. The number of amides is 2. The Hall–Kier alpha value is -3.57. The van der Waals surface area contributed by atoms with E-state index in [0.717, 1.165) is 11.1 Å². The van der Waals surface area contributed by atoms with Crippen LogP contribution in [-0.2, 0) is 9.59 Å². The monoisotopic (exact) mass is 432 g/mol. The van der Waals surface area contributed by atoms with Gasteiger partial charge in [-0.25, -0.2) is 4.90 Å². The molecule has 3 aromatic carbocycles. The summed E-state index contributed by atoms with van der Waals surface area (Å²) in [7, 11) is 1.55. The van der Waals surface area contributed by atoms with Crippen molar-refractivity contribution in [3.63, 3.8) is 0 Å². The fraction of sp³-hybridized carbons (Fsp3) is 0.120. The number of benzene rings is 3. The van der Waals surface area contributed by atoms with E-state index in [1.807, 2.05) is 38.1 Å². The van der Waals surface area contributed by atoms with Crippen molar-refractivity contribution >= 4 is 40.4 Å². The zero-order valence-electron chi connectivity index (χ0n) is 17.4. The number of halogens is 1. The first-order chi connectivity index (χ1) is 14.9. The van der Waals surface area contributed by atoms with Gasteiger partial charge in [0.15, 0.2) is 0 Å². The maximum atomic E-state index is 13.6. The number of nitrogens with zero attached hydrogens (tertiary/aromatic N) is 1. The smallest absolute Gasteiger partial charge is 0.282 e. The van der Waals surface area contributed by atoms with E-state index in [1.54, 1.807) is 49.6 Å². The summed E-state index contributed by atoms with van der Waals surface area (Å²) >= 11 is 6.04. The molecule has 2 amide bonds. The topological polar surface area (TPSA) is 58.6 Å². The number of nitrogens with one attached hydrogen (secondary N) is 1. The van der Waals surface area contributed by atoms with Crippen molar-refractivity contribution in [2.75, 3.05) is 17.3 Å². The molecule has 0 aliphatic carbocycles. The third-order valence-corrected chi connectivity index (χ3v) is 5.65. The molecule has 1 aliphatic heterocycles. The Morgan fingerprint density at radius 1 is 0.871 bits per heavy atom. The Morgan fingerprint density at radius 2 is 1.58 bits per heavy atom. The van der Waals surface area contributed by atoms with Crippen molar-refractivity contribution in [2.24, 2.45) is 0 Å². The highest BCUT2D eigenvalue weighted by molar-refractivity contribution is 6.46. The van der Waals surface area contributed by atoms with E-state index in [2.05, 4.69) is 5.32 Å². The van der Waals surface area contributed by atoms with Gasteiger partial charge in [-0.2, -0.15) is 0 Å². The normalized spacial score (nSPS) is 13.7. The molecule has 4 rings (SSSR count). The number of hydrogen-bond donors (Lipinski definition) is 1. The van der Waals surface area contributed by atoms with E-state index in [-0.39, 0.29) is 11.3 Å². The van der Waals surface area contributed by atoms with E-state index in [9.17, 15) is 9.59 Å². The van der Waals surface area contributed by atoms with E-state index >= 15 is 0 Å². The predicted octanol–water partition coefficient (Wildman–Crippen LogP) is 5.36. The lowest BCUT2D eigenvalue weighted by Gasteiger charge is -2.19. The van der Waals surface area contributed by atoms with Crippen LogP contribution in [0.25, 0.3) is 5.57 Å². The summed E-state index contributed by atoms with van der Waals surface area (Å²) in [4.78, 5) is 28.3. The van der Waals surface area contributed by atoms with Crippen LogP contribution in [0, 0.1) is 13.8 Å². The molecule has 1 aliphatic rings. The van der Waals surface area contributed by atoms with Crippen LogP contribution in [0.15, 0.2) is 72.4 Å². The van der Waals surface area contributed by atoms with Crippen LogP contribution in [-0.4, -0.2) is 18.9 Å². The summed E-state index contributed by atoms with van der Waals surface area (Å²) in [5.74, 6) is -0.246. The molecule has 0 unspecified atom stereocenters. The van der Waals surface area contributed by atoms with Gasteiger partial charge in [0.1, 0.15) is 11.4 Å². The second-order valence-electron chi connectivity index (χ2n) is 7.25. The Labute approximate surface area is 185 Å². The highest BCUT2D eigenvalue weighted by Crippen LogP contribution is 2.37. The van der Waals surface area contributed by atoms with Gasteiger partial charge in [0.05, 0.1) is 24.1 Å². The van der Waals surface area contributed by atoms with Gasteiger partial charge in [0.25, 0.3) is 11.8 Å². The summed E-state index contributed by atoms with van der Waals surface area (Å²) in [6.07, 6.45) is 0. The average Bonchev–Trinajstić information content (AvgIpc) is 3.01. The van der Waals surface area contributed by atoms with Gasteiger partial charge in [-0.1, -0.05) is 48.0 Å². The molecular formula is C25H21ClN2O3. The van der Waals surface area contributed by atoms with Crippen molar-refractivity contribution in [3.05, 3.63) is 94.1 Å². The van der Waals surface area contributed by atoms with Crippen molar-refractivity contribution < 1.29 is 14.3 Å². The average molecular weight is 433 g/mol. The van der Waals surface area contributed by atoms with E-state index in [4.69, 9.17) is 16.3 Å². The highest BCUT2D eigenvalue weighted by Gasteiger charge is 2.41. The standard InChI is InChI=1S/C25H21ClN2O3/c1-15-7-6-9-20(16(15)2)28-24(29)22(17-11-13-18(26)14-12-17)23(25(28)30)27-19-8-4-5-10-21(19)31-3/h4-14,27H,1-3H3. The molecule has 0 spiro atoms. The molecule has 0 radical (unpaired) electrons. The molecule has 6 heteroatoms. The fourth-order valence-corrected chi connectivity index (χ4v) is 3.74. The highest BCUT2D eigenvalue weighted by atomic mass is 35.5. The summed E-state index contributed by atoms with van der Waals surface area (Å²) in [6, 6.07) is 19.7. The summed E-state index contributed by atoms with van der Waals surface area (Å²) in [5.41, 5.74) is 4.11. The Morgan fingerprint density at radius 3 is 2.29 bits per heavy atom. The number of aryl methyl sites for hydroxylation is 1. The zero-order valence-corrected chi connectivity index (χ0v) is 18.2. The van der Waals surface area contributed by atoms with Crippen LogP contribution in [0.5, 0.6) is 5.75 Å². The second kappa shape index (κ2) is 8.28. The van der Waals surface area contributed by atoms with Gasteiger partial charge in [0.2, 0.25) is 0 Å². The van der Waals surface area contributed by atoms with Gasteiger partial charge in [0, 0.05) is 5.02 Å². The van der Waals surface area contributed by atoms with E-state index in [1.165, 1.54) is 4.90 Å². The molecular weight excluding hydrogens is 412 g/mol. The second-order valence-corrected chi connectivity index (χ2v) is 7.68. The first kappa shape index (κ1) is 20.7. The van der Waals surface area contributed by atoms with Crippen molar-refractivity contribution in [2.45, 2.75) is 13.8 Å². The van der Waals surface area contributed by atoms with Crippen LogP contribution < -0.4 is 15.0 Å². The predicted molar refractivity (Wildman–Crippen MR) is 123 cm³/mol. The number of anilines is 2. The van der Waals surface area contributed by atoms with E-state index in [0.29, 0.717) is 27.7 Å². The minimum Gasteiger partial charge on any atom is -0.495 e. The first-order valence-electron chi connectivity index (χ1n) is 9.77. The lowest BCUT2D eigenvalue weighted by Crippen LogP contribution is -2.33. The van der Waals surface area contributed by atoms with Crippen molar-refractivity contribution in [1.29, 1.82) is 0 Å². The molecule has 0 saturated heterocycles. The van der Waals surface area contributed by atoms with Crippen LogP contribution >= 0.6 is 11.6 Å². The molecule has 156 valence electrons. The number of rotatable bonds is 5. The third-order valence-electron chi connectivity index (χ3n) is 5.40. The quantitative estimate of drug-likeness (QED) is 0.551. The molecule has 0 aromatic heterocycles. The number of carbonyl (C=O) groups excluding carboxylic acids is 2. The Kier molecular flexibility index (Phi) is 5.53. The molecule has 0 bridgehead atoms. The van der Waals surface area contributed by atoms with Crippen LogP contribution in [0.2, 0.25) is 5.02 Å². The Balaban J connectivity index is 1.87. The third kappa shape index (κ3) is 3.68. The lowest BCUT2D eigenvalue weighted by molar-refractivity contribution is -0.120. The fourth-order valence-electron chi connectivity index (χ4n) is 3.61. The maximum Gasteiger partial charge on any atom is 0.282 e. The summed E-state index contributed by atoms with van der Waals surface area (Å²) in [6.45, 7) is 3.85. The van der Waals surface area contributed by atoms with Crippen molar-refractivity contribution in [3.8, 4) is 5.75 Å².